The highest BCUT2D eigenvalue weighted by Gasteiger charge is 2.17. The number of halogens is 1. The summed E-state index contributed by atoms with van der Waals surface area (Å²) in [6.45, 7) is 2.02. The normalized spacial score (nSPS) is 12.5. The van der Waals surface area contributed by atoms with E-state index in [-0.39, 0.29) is 6.04 Å². The van der Waals surface area contributed by atoms with Crippen LogP contribution >= 0.6 is 11.6 Å². The fourth-order valence-electron chi connectivity index (χ4n) is 2.60. The van der Waals surface area contributed by atoms with E-state index in [0.29, 0.717) is 5.02 Å². The minimum atomic E-state index is -0.175. The lowest BCUT2D eigenvalue weighted by Gasteiger charge is -2.20. The van der Waals surface area contributed by atoms with Crippen molar-refractivity contribution < 1.29 is 0 Å². The minimum Gasteiger partial charge on any atom is -0.271 e. The zero-order valence-corrected chi connectivity index (χ0v) is 12.4. The van der Waals surface area contributed by atoms with Crippen molar-refractivity contribution in [1.29, 1.82) is 0 Å². The van der Waals surface area contributed by atoms with E-state index in [1.807, 2.05) is 49.5 Å². The van der Waals surface area contributed by atoms with Crippen molar-refractivity contribution in [2.24, 2.45) is 5.84 Å². The van der Waals surface area contributed by atoms with Crippen molar-refractivity contribution in [3.63, 3.8) is 0 Å². The molecule has 3 nitrogen and oxygen atoms in total. The first-order valence-electron chi connectivity index (χ1n) is 6.75. The van der Waals surface area contributed by atoms with E-state index >= 15 is 0 Å². The van der Waals surface area contributed by atoms with Crippen LogP contribution in [0.1, 0.15) is 22.7 Å². The Kier molecular flexibility index (Phi) is 3.88. The maximum absolute atomic E-state index is 6.39. The third-order valence-corrected chi connectivity index (χ3v) is 3.99. The topological polar surface area (TPSA) is 50.9 Å². The highest BCUT2D eigenvalue weighted by molar-refractivity contribution is 6.31. The summed E-state index contributed by atoms with van der Waals surface area (Å²) in [4.78, 5) is 4.22. The van der Waals surface area contributed by atoms with E-state index in [1.54, 1.807) is 6.20 Å². The molecule has 0 amide bonds. The first-order chi connectivity index (χ1) is 10.2. The minimum absolute atomic E-state index is 0.175. The van der Waals surface area contributed by atoms with Gasteiger partial charge in [0.2, 0.25) is 0 Å². The van der Waals surface area contributed by atoms with E-state index in [4.69, 9.17) is 17.4 Å². The maximum atomic E-state index is 6.39. The van der Waals surface area contributed by atoms with Crippen LogP contribution in [0.15, 0.2) is 54.9 Å². The lowest BCUT2D eigenvalue weighted by molar-refractivity contribution is 0.641. The molecule has 0 radical (unpaired) electrons. The molecule has 21 heavy (non-hydrogen) atoms. The van der Waals surface area contributed by atoms with Crippen LogP contribution < -0.4 is 11.3 Å². The van der Waals surface area contributed by atoms with Crippen molar-refractivity contribution in [3.05, 3.63) is 76.6 Å². The number of pyridine rings is 1. The molecule has 0 fully saturated rings. The van der Waals surface area contributed by atoms with E-state index in [9.17, 15) is 0 Å². The number of nitrogens with two attached hydrogens (primary N) is 1. The molecule has 3 rings (SSSR count). The molecule has 1 atom stereocenters. The zero-order chi connectivity index (χ0) is 14.8. The second-order valence-corrected chi connectivity index (χ2v) is 5.48. The number of fused-ring (bicyclic) bond motifs is 1. The first-order valence-corrected chi connectivity index (χ1v) is 7.13. The van der Waals surface area contributed by atoms with E-state index < -0.39 is 0 Å². The van der Waals surface area contributed by atoms with Gasteiger partial charge in [0.05, 0.1) is 6.04 Å². The summed E-state index contributed by atoms with van der Waals surface area (Å²) in [5.41, 5.74) is 6.02. The number of nitrogens with one attached hydrogen (secondary N) is 1. The highest BCUT2D eigenvalue weighted by Crippen LogP contribution is 2.32. The number of aromatic nitrogens is 1. The van der Waals surface area contributed by atoms with Gasteiger partial charge in [-0.25, -0.2) is 5.43 Å². The average molecular weight is 298 g/mol. The van der Waals surface area contributed by atoms with Crippen LogP contribution in [0.25, 0.3) is 10.8 Å². The van der Waals surface area contributed by atoms with Crippen LogP contribution in [0.3, 0.4) is 0 Å². The molecule has 0 saturated carbocycles. The van der Waals surface area contributed by atoms with E-state index in [2.05, 4.69) is 16.5 Å². The highest BCUT2D eigenvalue weighted by atomic mass is 35.5. The second-order valence-electron chi connectivity index (χ2n) is 5.07. The quantitative estimate of drug-likeness (QED) is 0.572. The van der Waals surface area contributed by atoms with Gasteiger partial charge < -0.3 is 0 Å². The van der Waals surface area contributed by atoms with E-state index in [0.717, 1.165) is 27.5 Å². The van der Waals surface area contributed by atoms with Crippen molar-refractivity contribution >= 4 is 22.4 Å². The third kappa shape index (κ3) is 2.63. The van der Waals surface area contributed by atoms with Gasteiger partial charge in [0.25, 0.3) is 0 Å². The van der Waals surface area contributed by atoms with Crippen LogP contribution in [0.5, 0.6) is 0 Å². The van der Waals surface area contributed by atoms with Crippen LogP contribution in [-0.2, 0) is 0 Å². The predicted octanol–water partition coefficient (Wildman–Crippen LogP) is 3.75. The van der Waals surface area contributed by atoms with Crippen LogP contribution in [0.2, 0.25) is 5.02 Å². The number of rotatable bonds is 3. The molecule has 0 aliphatic carbocycles. The summed E-state index contributed by atoms with van der Waals surface area (Å²) in [6.07, 6.45) is 3.65. The third-order valence-electron chi connectivity index (χ3n) is 3.66. The van der Waals surface area contributed by atoms with Crippen molar-refractivity contribution in [3.8, 4) is 0 Å². The number of hydrazine groups is 1. The number of nitrogens with zero attached hydrogens (tertiary/aromatic N) is 1. The van der Waals surface area contributed by atoms with Crippen LogP contribution in [0, 0.1) is 6.92 Å². The van der Waals surface area contributed by atoms with Gasteiger partial charge in [0.1, 0.15) is 0 Å². The fraction of sp³-hybridized carbons (Fsp3) is 0.118. The summed E-state index contributed by atoms with van der Waals surface area (Å²) in [5.74, 6) is 5.81. The van der Waals surface area contributed by atoms with Crippen molar-refractivity contribution in [1.82, 2.24) is 10.4 Å². The Bertz CT molecular complexity index is 781. The molecule has 2 aromatic carbocycles. The molecule has 3 N–H and O–H groups in total. The number of aryl methyl sites for hydroxylation is 1. The van der Waals surface area contributed by atoms with E-state index in [1.165, 1.54) is 0 Å². The van der Waals surface area contributed by atoms with Gasteiger partial charge in [-0.1, -0.05) is 41.9 Å². The van der Waals surface area contributed by atoms with Gasteiger partial charge in [-0.05, 0) is 41.1 Å². The van der Waals surface area contributed by atoms with Crippen molar-refractivity contribution in [2.45, 2.75) is 13.0 Å². The van der Waals surface area contributed by atoms with Gasteiger partial charge in [0.15, 0.2) is 0 Å². The number of hydrogen-bond acceptors (Lipinski definition) is 3. The predicted molar refractivity (Wildman–Crippen MR) is 87.1 cm³/mol. The molecule has 0 aliphatic rings. The molecular weight excluding hydrogens is 282 g/mol. The summed E-state index contributed by atoms with van der Waals surface area (Å²) < 4.78 is 0. The Labute approximate surface area is 128 Å². The lowest BCUT2D eigenvalue weighted by atomic mass is 9.94. The Balaban J connectivity index is 2.18. The maximum Gasteiger partial charge on any atom is 0.0731 e. The second kappa shape index (κ2) is 5.82. The SMILES string of the molecule is Cc1ccc(C(NN)c2cccc3ccncc23)c(Cl)c1. The van der Waals surface area contributed by atoms with Gasteiger partial charge in [-0.15, -0.1) is 0 Å². The van der Waals surface area contributed by atoms with Crippen LogP contribution in [0.4, 0.5) is 0 Å². The Morgan fingerprint density at radius 3 is 2.76 bits per heavy atom. The first kappa shape index (κ1) is 14.0. The molecule has 3 aromatic rings. The number of benzene rings is 2. The van der Waals surface area contributed by atoms with Gasteiger partial charge in [-0.2, -0.15) is 0 Å². The van der Waals surface area contributed by atoms with Gasteiger partial charge in [-0.3, -0.25) is 10.8 Å². The molecular formula is C17H16ClN3. The zero-order valence-electron chi connectivity index (χ0n) is 11.7. The average Bonchev–Trinajstić information content (AvgIpc) is 2.50. The smallest absolute Gasteiger partial charge is 0.0731 e. The van der Waals surface area contributed by atoms with Crippen molar-refractivity contribution in [2.75, 3.05) is 0 Å². The fourth-order valence-corrected chi connectivity index (χ4v) is 2.95. The Morgan fingerprint density at radius 1 is 1.14 bits per heavy atom. The molecule has 1 unspecified atom stereocenters. The summed E-state index contributed by atoms with van der Waals surface area (Å²) >= 11 is 6.39. The standard InChI is InChI=1S/C17H16ClN3/c1-11-5-6-14(16(18)9-11)17(21-19)13-4-2-3-12-7-8-20-10-15(12)13/h2-10,17,21H,19H2,1H3. The molecule has 1 heterocycles. The molecule has 106 valence electrons. The largest absolute Gasteiger partial charge is 0.271 e. The molecule has 1 aromatic heterocycles. The summed E-state index contributed by atoms with van der Waals surface area (Å²) in [6, 6.07) is 13.9. The number of hydrogen-bond donors (Lipinski definition) is 2. The molecule has 0 spiro atoms. The van der Waals surface area contributed by atoms with Crippen LogP contribution in [-0.4, -0.2) is 4.98 Å². The Morgan fingerprint density at radius 2 is 2.00 bits per heavy atom. The molecule has 0 bridgehead atoms. The lowest BCUT2D eigenvalue weighted by Crippen LogP contribution is -2.29. The van der Waals surface area contributed by atoms with Gasteiger partial charge >= 0.3 is 0 Å². The molecule has 0 aliphatic heterocycles. The summed E-state index contributed by atoms with van der Waals surface area (Å²) in [5, 5.41) is 2.91. The summed E-state index contributed by atoms with van der Waals surface area (Å²) in [7, 11) is 0. The Hall–Kier alpha value is -1.94. The molecule has 0 saturated heterocycles. The molecule has 4 heteroatoms. The van der Waals surface area contributed by atoms with Gasteiger partial charge in [0, 0.05) is 22.8 Å². The monoisotopic (exact) mass is 297 g/mol.